The van der Waals surface area contributed by atoms with E-state index in [4.69, 9.17) is 16.3 Å². The van der Waals surface area contributed by atoms with E-state index in [-0.39, 0.29) is 0 Å². The number of nitrogens with zero attached hydrogens (tertiary/aromatic N) is 1. The minimum absolute atomic E-state index is 0.401. The molecule has 0 unspecified atom stereocenters. The molecule has 1 aromatic heterocycles. The molecule has 0 fully saturated rings. The Balaban J connectivity index is 2.96. The zero-order valence-electron chi connectivity index (χ0n) is 8.67. The molecule has 15 heavy (non-hydrogen) atoms. The van der Waals surface area contributed by atoms with Gasteiger partial charge in [0.05, 0.1) is 10.6 Å². The van der Waals surface area contributed by atoms with Crippen molar-refractivity contribution in [1.29, 1.82) is 0 Å². The van der Waals surface area contributed by atoms with Crippen molar-refractivity contribution in [1.82, 2.24) is 4.98 Å². The summed E-state index contributed by atoms with van der Waals surface area (Å²) in [6, 6.07) is 1.56. The smallest absolute Gasteiger partial charge is 0.341 e. The van der Waals surface area contributed by atoms with Gasteiger partial charge >= 0.3 is 5.97 Å². The third-order valence-electron chi connectivity index (χ3n) is 1.42. The second-order valence-electron chi connectivity index (χ2n) is 3.99. The fourth-order valence-electron chi connectivity index (χ4n) is 0.899. The lowest BCUT2D eigenvalue weighted by Crippen LogP contribution is -2.24. The van der Waals surface area contributed by atoms with E-state index in [0.717, 1.165) is 0 Å². The van der Waals surface area contributed by atoms with E-state index in [1.807, 2.05) is 43.4 Å². The van der Waals surface area contributed by atoms with Crippen LogP contribution in [0.25, 0.3) is 0 Å². The van der Waals surface area contributed by atoms with Gasteiger partial charge in [0, 0.05) is 6.20 Å². The van der Waals surface area contributed by atoms with Gasteiger partial charge in [0.15, 0.2) is 0 Å². The zero-order chi connectivity index (χ0) is 11.6. The molecule has 3 nitrogen and oxygen atoms in total. The van der Waals surface area contributed by atoms with Crippen molar-refractivity contribution in [3.8, 4) is 0 Å². The topological polar surface area (TPSA) is 39.2 Å². The first-order valence-electron chi connectivity index (χ1n) is 4.34. The van der Waals surface area contributed by atoms with Gasteiger partial charge in [-0.1, -0.05) is 11.6 Å². The van der Waals surface area contributed by atoms with Crippen LogP contribution in [0, 0.1) is 3.70 Å². The molecular weight excluding hydrogens is 328 g/mol. The molecule has 0 amide bonds. The van der Waals surface area contributed by atoms with Crippen LogP contribution < -0.4 is 0 Å². The summed E-state index contributed by atoms with van der Waals surface area (Å²) in [5, 5.41) is 0.427. The number of rotatable bonds is 1. The number of halogens is 2. The molecule has 1 aromatic rings. The molecule has 0 atom stereocenters. The first kappa shape index (κ1) is 12.7. The van der Waals surface area contributed by atoms with E-state index in [2.05, 4.69) is 4.98 Å². The maximum atomic E-state index is 11.7. The zero-order valence-corrected chi connectivity index (χ0v) is 11.6. The Morgan fingerprint density at radius 2 is 2.13 bits per heavy atom. The number of ether oxygens (including phenoxy) is 1. The van der Waals surface area contributed by atoms with Gasteiger partial charge in [-0.2, -0.15) is 0 Å². The van der Waals surface area contributed by atoms with Crippen LogP contribution in [0.3, 0.4) is 0 Å². The third-order valence-corrected chi connectivity index (χ3v) is 2.49. The van der Waals surface area contributed by atoms with Crippen molar-refractivity contribution in [3.05, 3.63) is 26.5 Å². The molecule has 0 aliphatic carbocycles. The first-order chi connectivity index (χ1) is 6.79. The minimum Gasteiger partial charge on any atom is -0.456 e. The van der Waals surface area contributed by atoms with Crippen molar-refractivity contribution in [2.75, 3.05) is 0 Å². The predicted octanol–water partition coefficient (Wildman–Crippen LogP) is 3.29. The van der Waals surface area contributed by atoms with Crippen molar-refractivity contribution in [2.45, 2.75) is 26.4 Å². The predicted molar refractivity (Wildman–Crippen MR) is 67.1 cm³/mol. The van der Waals surface area contributed by atoms with Crippen molar-refractivity contribution >= 4 is 40.2 Å². The molecular formula is C10H11ClINO2. The van der Waals surface area contributed by atoms with Crippen LogP contribution in [0.4, 0.5) is 0 Å². The van der Waals surface area contributed by atoms with Gasteiger partial charge < -0.3 is 4.74 Å². The highest BCUT2D eigenvalue weighted by Crippen LogP contribution is 2.18. The van der Waals surface area contributed by atoms with E-state index in [9.17, 15) is 4.79 Å². The minimum atomic E-state index is -0.511. The van der Waals surface area contributed by atoms with Gasteiger partial charge in [0.25, 0.3) is 0 Å². The average Bonchev–Trinajstić information content (AvgIpc) is 2.06. The van der Waals surface area contributed by atoms with Crippen molar-refractivity contribution in [2.24, 2.45) is 0 Å². The summed E-state index contributed by atoms with van der Waals surface area (Å²) in [7, 11) is 0. The SMILES string of the molecule is CC(C)(C)OC(=O)c1cc(Cl)cnc1I. The highest BCUT2D eigenvalue weighted by atomic mass is 127. The molecule has 0 bridgehead atoms. The van der Waals surface area contributed by atoms with Gasteiger partial charge in [-0.25, -0.2) is 9.78 Å². The molecule has 0 saturated heterocycles. The van der Waals surface area contributed by atoms with Gasteiger partial charge in [0.1, 0.15) is 9.30 Å². The van der Waals surface area contributed by atoms with E-state index in [1.165, 1.54) is 6.20 Å². The van der Waals surface area contributed by atoms with Gasteiger partial charge in [-0.05, 0) is 49.4 Å². The molecule has 0 saturated carbocycles. The molecule has 0 aromatic carbocycles. The maximum absolute atomic E-state index is 11.7. The molecule has 1 rings (SSSR count). The molecule has 0 aliphatic heterocycles. The molecule has 0 aliphatic rings. The molecule has 0 radical (unpaired) electrons. The average molecular weight is 340 g/mol. The van der Waals surface area contributed by atoms with E-state index in [1.54, 1.807) is 6.07 Å². The quantitative estimate of drug-likeness (QED) is 0.448. The Labute approximate surface area is 107 Å². The number of hydrogen-bond acceptors (Lipinski definition) is 3. The summed E-state index contributed by atoms with van der Waals surface area (Å²) in [6.07, 6.45) is 1.50. The summed E-state index contributed by atoms with van der Waals surface area (Å²) in [6.45, 7) is 5.45. The maximum Gasteiger partial charge on any atom is 0.341 e. The van der Waals surface area contributed by atoms with Gasteiger partial charge in [0.2, 0.25) is 0 Å². The van der Waals surface area contributed by atoms with Crippen molar-refractivity contribution in [3.63, 3.8) is 0 Å². The Morgan fingerprint density at radius 1 is 1.53 bits per heavy atom. The highest BCUT2D eigenvalue weighted by molar-refractivity contribution is 14.1. The second-order valence-corrected chi connectivity index (χ2v) is 5.45. The van der Waals surface area contributed by atoms with Crippen LogP contribution in [0.2, 0.25) is 5.02 Å². The fraction of sp³-hybridized carbons (Fsp3) is 0.400. The normalized spacial score (nSPS) is 11.3. The number of hydrogen-bond donors (Lipinski definition) is 0. The Kier molecular flexibility index (Phi) is 3.94. The molecule has 5 heteroatoms. The summed E-state index contributed by atoms with van der Waals surface area (Å²) < 4.78 is 5.81. The van der Waals surface area contributed by atoms with Crippen LogP contribution in [-0.4, -0.2) is 16.6 Å². The monoisotopic (exact) mass is 339 g/mol. The standard InChI is InChI=1S/C10H11ClINO2/c1-10(2,3)15-9(14)7-4-6(11)5-13-8(7)12/h4-5H,1-3H3. The molecule has 1 heterocycles. The summed E-state index contributed by atoms with van der Waals surface area (Å²) in [4.78, 5) is 15.7. The largest absolute Gasteiger partial charge is 0.456 e. The highest BCUT2D eigenvalue weighted by Gasteiger charge is 2.20. The Morgan fingerprint density at radius 3 is 2.67 bits per heavy atom. The Hall–Kier alpha value is -0.360. The lowest BCUT2D eigenvalue weighted by molar-refractivity contribution is 0.00677. The number of esters is 1. The van der Waals surface area contributed by atoms with E-state index < -0.39 is 11.6 Å². The number of pyridine rings is 1. The number of aromatic nitrogens is 1. The van der Waals surface area contributed by atoms with Gasteiger partial charge in [-0.15, -0.1) is 0 Å². The van der Waals surface area contributed by atoms with Crippen LogP contribution in [0.1, 0.15) is 31.1 Å². The molecule has 82 valence electrons. The summed E-state index contributed by atoms with van der Waals surface area (Å²) in [5.41, 5.74) is -0.110. The van der Waals surface area contributed by atoms with Crippen LogP contribution in [0.15, 0.2) is 12.3 Å². The second kappa shape index (κ2) is 4.65. The molecule has 0 spiro atoms. The van der Waals surface area contributed by atoms with Crippen LogP contribution >= 0.6 is 34.2 Å². The number of carbonyl (C=O) groups excluding carboxylic acids is 1. The molecule has 0 N–H and O–H groups in total. The van der Waals surface area contributed by atoms with Crippen LogP contribution in [-0.2, 0) is 4.74 Å². The van der Waals surface area contributed by atoms with Crippen molar-refractivity contribution < 1.29 is 9.53 Å². The lowest BCUT2D eigenvalue weighted by Gasteiger charge is -2.19. The van der Waals surface area contributed by atoms with E-state index in [0.29, 0.717) is 14.3 Å². The van der Waals surface area contributed by atoms with Gasteiger partial charge in [-0.3, -0.25) is 0 Å². The Bertz CT molecular complexity index is 387. The first-order valence-corrected chi connectivity index (χ1v) is 5.79. The number of carbonyl (C=O) groups is 1. The lowest BCUT2D eigenvalue weighted by atomic mass is 10.2. The summed E-state index contributed by atoms with van der Waals surface area (Å²) >= 11 is 7.73. The third kappa shape index (κ3) is 3.95. The van der Waals surface area contributed by atoms with Crippen LogP contribution in [0.5, 0.6) is 0 Å². The van der Waals surface area contributed by atoms with E-state index >= 15 is 0 Å². The fourth-order valence-corrected chi connectivity index (χ4v) is 1.57. The summed E-state index contributed by atoms with van der Waals surface area (Å²) in [5.74, 6) is -0.401.